The van der Waals surface area contributed by atoms with E-state index in [-0.39, 0.29) is 5.91 Å². The summed E-state index contributed by atoms with van der Waals surface area (Å²) in [6.07, 6.45) is 5.95. The van der Waals surface area contributed by atoms with E-state index in [4.69, 9.17) is 0 Å². The van der Waals surface area contributed by atoms with Gasteiger partial charge in [0, 0.05) is 10.9 Å². The standard InChI is InChI=1S/C16H22F2N2OS/c1-20(12-7-3-2-4-8-12)11-15(21)19-13-9-5-6-10-14(13)22-16(17)18/h5-6,9-10,12,16H,2-4,7-8,11H2,1H3,(H,19,21). The summed E-state index contributed by atoms with van der Waals surface area (Å²) in [5.41, 5.74) is 0.454. The lowest BCUT2D eigenvalue weighted by Gasteiger charge is -2.30. The number of likely N-dealkylation sites (N-methyl/N-ethyl adjacent to an activating group) is 1. The van der Waals surface area contributed by atoms with Crippen molar-refractivity contribution >= 4 is 23.4 Å². The predicted octanol–water partition coefficient (Wildman–Crippen LogP) is 4.20. The van der Waals surface area contributed by atoms with Gasteiger partial charge in [0.05, 0.1) is 12.2 Å². The molecule has 6 heteroatoms. The zero-order chi connectivity index (χ0) is 15.9. The molecule has 0 heterocycles. The van der Waals surface area contributed by atoms with Crippen LogP contribution in [0.15, 0.2) is 29.2 Å². The highest BCUT2D eigenvalue weighted by Gasteiger charge is 2.20. The van der Waals surface area contributed by atoms with E-state index in [9.17, 15) is 13.6 Å². The van der Waals surface area contributed by atoms with Gasteiger partial charge >= 0.3 is 0 Å². The second kappa shape index (κ2) is 8.48. The number of rotatable bonds is 6. The van der Waals surface area contributed by atoms with Crippen LogP contribution < -0.4 is 5.32 Å². The van der Waals surface area contributed by atoms with Gasteiger partial charge in [-0.25, -0.2) is 0 Å². The largest absolute Gasteiger partial charge is 0.324 e. The van der Waals surface area contributed by atoms with E-state index in [0.717, 1.165) is 12.8 Å². The molecule has 0 bridgehead atoms. The smallest absolute Gasteiger partial charge is 0.288 e. The Balaban J connectivity index is 1.91. The zero-order valence-electron chi connectivity index (χ0n) is 12.7. The third kappa shape index (κ3) is 5.25. The summed E-state index contributed by atoms with van der Waals surface area (Å²) < 4.78 is 25.1. The fourth-order valence-corrected chi connectivity index (χ4v) is 3.43. The number of para-hydroxylation sites is 1. The van der Waals surface area contributed by atoms with Crippen molar-refractivity contribution in [3.63, 3.8) is 0 Å². The summed E-state index contributed by atoms with van der Waals surface area (Å²) in [5, 5.41) is 2.75. The highest BCUT2D eigenvalue weighted by molar-refractivity contribution is 7.99. The monoisotopic (exact) mass is 328 g/mol. The highest BCUT2D eigenvalue weighted by Crippen LogP contribution is 2.31. The van der Waals surface area contributed by atoms with Gasteiger partial charge in [-0.3, -0.25) is 9.69 Å². The molecule has 0 spiro atoms. The first kappa shape index (κ1) is 17.2. The average molecular weight is 328 g/mol. The maximum absolute atomic E-state index is 12.5. The van der Waals surface area contributed by atoms with Crippen LogP contribution in [0.5, 0.6) is 0 Å². The summed E-state index contributed by atoms with van der Waals surface area (Å²) in [6, 6.07) is 7.12. The Morgan fingerprint density at radius 3 is 2.68 bits per heavy atom. The molecule has 2 rings (SSSR count). The van der Waals surface area contributed by atoms with Gasteiger partial charge in [0.15, 0.2) is 0 Å². The molecule has 1 saturated carbocycles. The number of anilines is 1. The Bertz CT molecular complexity index is 493. The number of carbonyl (C=O) groups is 1. The van der Waals surface area contributed by atoms with Crippen LogP contribution in [0.1, 0.15) is 32.1 Å². The highest BCUT2D eigenvalue weighted by atomic mass is 32.2. The normalized spacial score (nSPS) is 16.2. The number of hydrogen-bond donors (Lipinski definition) is 1. The number of carbonyl (C=O) groups excluding carboxylic acids is 1. The lowest BCUT2D eigenvalue weighted by Crippen LogP contribution is -2.39. The molecule has 0 radical (unpaired) electrons. The summed E-state index contributed by atoms with van der Waals surface area (Å²) in [4.78, 5) is 14.6. The molecule has 122 valence electrons. The van der Waals surface area contributed by atoms with Crippen LogP contribution in [-0.2, 0) is 4.79 Å². The summed E-state index contributed by atoms with van der Waals surface area (Å²) >= 11 is 0.452. The number of halogens is 2. The van der Waals surface area contributed by atoms with Gasteiger partial charge in [0.25, 0.3) is 5.76 Å². The second-order valence-electron chi connectivity index (χ2n) is 5.63. The number of benzene rings is 1. The van der Waals surface area contributed by atoms with E-state index in [1.54, 1.807) is 24.3 Å². The minimum Gasteiger partial charge on any atom is -0.324 e. The van der Waals surface area contributed by atoms with Crippen LogP contribution >= 0.6 is 11.8 Å². The van der Waals surface area contributed by atoms with Crippen LogP contribution in [0.3, 0.4) is 0 Å². The van der Waals surface area contributed by atoms with E-state index < -0.39 is 5.76 Å². The minimum atomic E-state index is -2.50. The third-order valence-electron chi connectivity index (χ3n) is 3.97. The van der Waals surface area contributed by atoms with Crippen molar-refractivity contribution in [2.45, 2.75) is 48.8 Å². The number of alkyl halides is 2. The van der Waals surface area contributed by atoms with Crippen LogP contribution in [0.2, 0.25) is 0 Å². The van der Waals surface area contributed by atoms with Crippen LogP contribution in [0.4, 0.5) is 14.5 Å². The molecule has 1 aromatic rings. The molecule has 22 heavy (non-hydrogen) atoms. The van der Waals surface area contributed by atoms with Gasteiger partial charge in [-0.15, -0.1) is 0 Å². The van der Waals surface area contributed by atoms with E-state index in [0.29, 0.717) is 34.9 Å². The second-order valence-corrected chi connectivity index (χ2v) is 6.66. The van der Waals surface area contributed by atoms with Crippen molar-refractivity contribution in [1.29, 1.82) is 0 Å². The number of nitrogens with zero attached hydrogens (tertiary/aromatic N) is 1. The zero-order valence-corrected chi connectivity index (χ0v) is 13.5. The first-order valence-electron chi connectivity index (χ1n) is 7.60. The quantitative estimate of drug-likeness (QED) is 0.794. The first-order chi connectivity index (χ1) is 10.6. The van der Waals surface area contributed by atoms with Gasteiger partial charge < -0.3 is 5.32 Å². The lowest BCUT2D eigenvalue weighted by atomic mass is 9.94. The van der Waals surface area contributed by atoms with Crippen LogP contribution in [-0.4, -0.2) is 36.2 Å². The molecule has 3 nitrogen and oxygen atoms in total. The van der Waals surface area contributed by atoms with E-state index >= 15 is 0 Å². The predicted molar refractivity (Wildman–Crippen MR) is 86.4 cm³/mol. The Morgan fingerprint density at radius 1 is 1.32 bits per heavy atom. The van der Waals surface area contributed by atoms with Crippen LogP contribution in [0.25, 0.3) is 0 Å². The van der Waals surface area contributed by atoms with Gasteiger partial charge in [-0.1, -0.05) is 43.2 Å². The Morgan fingerprint density at radius 2 is 2.00 bits per heavy atom. The lowest BCUT2D eigenvalue weighted by molar-refractivity contribution is -0.117. The van der Waals surface area contributed by atoms with E-state index in [2.05, 4.69) is 10.2 Å². The molecule has 1 aliphatic rings. The molecule has 1 fully saturated rings. The minimum absolute atomic E-state index is 0.157. The Hall–Kier alpha value is -1.14. The molecule has 0 saturated heterocycles. The van der Waals surface area contributed by atoms with Crippen molar-refractivity contribution in [2.75, 3.05) is 18.9 Å². The van der Waals surface area contributed by atoms with Crippen molar-refractivity contribution in [1.82, 2.24) is 4.90 Å². The van der Waals surface area contributed by atoms with Crippen molar-refractivity contribution in [3.8, 4) is 0 Å². The summed E-state index contributed by atoms with van der Waals surface area (Å²) in [7, 11) is 1.95. The van der Waals surface area contributed by atoms with Crippen LogP contribution in [0, 0.1) is 0 Å². The molecule has 0 atom stereocenters. The maximum Gasteiger partial charge on any atom is 0.288 e. The van der Waals surface area contributed by atoms with E-state index in [1.807, 2.05) is 7.05 Å². The summed E-state index contributed by atoms with van der Waals surface area (Å²) in [6.45, 7) is 0.290. The molecular weight excluding hydrogens is 306 g/mol. The number of thioether (sulfide) groups is 1. The molecule has 0 aliphatic heterocycles. The molecule has 1 aromatic carbocycles. The Labute approximate surface area is 134 Å². The Kier molecular flexibility index (Phi) is 6.64. The molecule has 0 aromatic heterocycles. The van der Waals surface area contributed by atoms with Gasteiger partial charge in [-0.2, -0.15) is 8.78 Å². The average Bonchev–Trinajstić information content (AvgIpc) is 2.49. The fourth-order valence-electron chi connectivity index (χ4n) is 2.84. The van der Waals surface area contributed by atoms with E-state index in [1.165, 1.54) is 19.3 Å². The number of nitrogens with one attached hydrogen (secondary N) is 1. The summed E-state index contributed by atoms with van der Waals surface area (Å²) in [5.74, 6) is -2.65. The van der Waals surface area contributed by atoms with Crippen molar-refractivity contribution < 1.29 is 13.6 Å². The van der Waals surface area contributed by atoms with Gasteiger partial charge in [-0.05, 0) is 32.0 Å². The number of hydrogen-bond acceptors (Lipinski definition) is 3. The third-order valence-corrected chi connectivity index (χ3v) is 4.76. The van der Waals surface area contributed by atoms with Crippen molar-refractivity contribution in [3.05, 3.63) is 24.3 Å². The fraction of sp³-hybridized carbons (Fsp3) is 0.562. The molecule has 1 aliphatic carbocycles. The maximum atomic E-state index is 12.5. The molecule has 1 amide bonds. The first-order valence-corrected chi connectivity index (χ1v) is 8.48. The SMILES string of the molecule is CN(CC(=O)Nc1ccccc1SC(F)F)C1CCCCC1. The van der Waals surface area contributed by atoms with Gasteiger partial charge in [0.1, 0.15) is 0 Å². The van der Waals surface area contributed by atoms with Gasteiger partial charge in [0.2, 0.25) is 5.91 Å². The molecule has 0 unspecified atom stereocenters. The number of amides is 1. The van der Waals surface area contributed by atoms with Crippen molar-refractivity contribution in [2.24, 2.45) is 0 Å². The topological polar surface area (TPSA) is 32.3 Å². The molecular formula is C16H22F2N2OS. The molecule has 1 N–H and O–H groups in total.